The van der Waals surface area contributed by atoms with Gasteiger partial charge < -0.3 is 10.4 Å². The third kappa shape index (κ3) is 3.28. The number of aliphatic hydroxyl groups excluding tert-OH is 1. The fourth-order valence-corrected chi connectivity index (χ4v) is 1.21. The number of anilines is 1. The first-order valence-corrected chi connectivity index (χ1v) is 4.90. The Morgan fingerprint density at radius 3 is 2.92 bits per heavy atom. The zero-order valence-corrected chi connectivity index (χ0v) is 8.95. The lowest BCUT2D eigenvalue weighted by atomic mass is 10.2. The number of hydrogen-bond donors (Lipinski definition) is 2. The van der Waals surface area contributed by atoms with Gasteiger partial charge in [-0.15, -0.1) is 0 Å². The number of rotatable bonds is 4. The van der Waals surface area contributed by atoms with Crippen molar-refractivity contribution >= 4 is 21.7 Å². The largest absolute Gasteiger partial charge is 0.394 e. The number of aromatic nitrogens is 2. The Balaban J connectivity index is 2.62. The first-order valence-electron chi connectivity index (χ1n) is 4.11. The molecular formula is C8H12BrN3O. The lowest BCUT2D eigenvalue weighted by Crippen LogP contribution is -2.23. The minimum atomic E-state index is 0.0572. The van der Waals surface area contributed by atoms with Gasteiger partial charge in [0.25, 0.3) is 0 Å². The molecule has 1 aromatic heterocycles. The van der Waals surface area contributed by atoms with Crippen LogP contribution < -0.4 is 5.32 Å². The van der Waals surface area contributed by atoms with Crippen LogP contribution in [0.25, 0.3) is 0 Å². The molecule has 0 bridgehead atoms. The zero-order chi connectivity index (χ0) is 9.68. The van der Waals surface area contributed by atoms with Gasteiger partial charge in [-0.05, 0) is 22.4 Å². The third-order valence-electron chi connectivity index (χ3n) is 1.70. The maximum atomic E-state index is 8.94. The highest BCUT2D eigenvalue weighted by molar-refractivity contribution is 9.10. The van der Waals surface area contributed by atoms with Gasteiger partial charge in [0.1, 0.15) is 16.7 Å². The minimum Gasteiger partial charge on any atom is -0.394 e. The van der Waals surface area contributed by atoms with Crippen molar-refractivity contribution in [1.82, 2.24) is 9.97 Å². The highest BCUT2D eigenvalue weighted by Crippen LogP contribution is 2.11. The lowest BCUT2D eigenvalue weighted by molar-refractivity contribution is 0.271. The predicted octanol–water partition coefficient (Wildman–Crippen LogP) is 1.42. The monoisotopic (exact) mass is 245 g/mol. The van der Waals surface area contributed by atoms with E-state index in [2.05, 4.69) is 31.2 Å². The SMILES string of the molecule is CCC(CO)Nc1cc(Br)ncn1. The van der Waals surface area contributed by atoms with E-state index in [4.69, 9.17) is 5.11 Å². The van der Waals surface area contributed by atoms with Crippen LogP contribution in [-0.4, -0.2) is 27.7 Å². The molecule has 1 aromatic rings. The second-order valence-corrected chi connectivity index (χ2v) is 3.47. The first kappa shape index (κ1) is 10.4. The van der Waals surface area contributed by atoms with Crippen molar-refractivity contribution in [3.8, 4) is 0 Å². The fraction of sp³-hybridized carbons (Fsp3) is 0.500. The van der Waals surface area contributed by atoms with Gasteiger partial charge in [0, 0.05) is 6.07 Å². The van der Waals surface area contributed by atoms with Crippen LogP contribution in [-0.2, 0) is 0 Å². The summed E-state index contributed by atoms with van der Waals surface area (Å²) >= 11 is 3.24. The summed E-state index contributed by atoms with van der Waals surface area (Å²) in [6.07, 6.45) is 2.33. The van der Waals surface area contributed by atoms with Crippen LogP contribution in [0, 0.1) is 0 Å². The highest BCUT2D eigenvalue weighted by atomic mass is 79.9. The van der Waals surface area contributed by atoms with Gasteiger partial charge in [0.05, 0.1) is 12.6 Å². The van der Waals surface area contributed by atoms with E-state index in [1.165, 1.54) is 6.33 Å². The molecule has 1 unspecified atom stereocenters. The number of aliphatic hydroxyl groups is 1. The van der Waals surface area contributed by atoms with Gasteiger partial charge in [0.2, 0.25) is 0 Å². The predicted molar refractivity (Wildman–Crippen MR) is 54.5 cm³/mol. The molecule has 0 amide bonds. The van der Waals surface area contributed by atoms with E-state index >= 15 is 0 Å². The Morgan fingerprint density at radius 2 is 2.38 bits per heavy atom. The Morgan fingerprint density at radius 1 is 1.62 bits per heavy atom. The second kappa shape index (κ2) is 5.14. The number of nitrogens with one attached hydrogen (secondary N) is 1. The molecule has 0 fully saturated rings. The van der Waals surface area contributed by atoms with Crippen LogP contribution in [0.4, 0.5) is 5.82 Å². The molecule has 0 aliphatic carbocycles. The van der Waals surface area contributed by atoms with Crippen molar-refractivity contribution in [3.63, 3.8) is 0 Å². The van der Waals surface area contributed by atoms with Gasteiger partial charge in [-0.3, -0.25) is 0 Å². The summed E-state index contributed by atoms with van der Waals surface area (Å²) in [5.41, 5.74) is 0. The van der Waals surface area contributed by atoms with Crippen LogP contribution in [0.3, 0.4) is 0 Å². The Bertz CT molecular complexity index is 265. The molecule has 13 heavy (non-hydrogen) atoms. The van der Waals surface area contributed by atoms with E-state index in [0.717, 1.165) is 16.8 Å². The summed E-state index contributed by atoms with van der Waals surface area (Å²) < 4.78 is 0.734. The van der Waals surface area contributed by atoms with Crippen LogP contribution in [0.15, 0.2) is 17.0 Å². The molecule has 1 heterocycles. The van der Waals surface area contributed by atoms with E-state index in [0.29, 0.717) is 0 Å². The maximum absolute atomic E-state index is 8.94. The molecule has 0 spiro atoms. The minimum absolute atomic E-state index is 0.0572. The number of halogens is 1. The number of nitrogens with zero attached hydrogens (tertiary/aromatic N) is 2. The third-order valence-corrected chi connectivity index (χ3v) is 2.13. The van der Waals surface area contributed by atoms with Crippen LogP contribution in [0.2, 0.25) is 0 Å². The molecule has 0 saturated carbocycles. The molecule has 0 aliphatic heterocycles. The fourth-order valence-electron chi connectivity index (χ4n) is 0.898. The average Bonchev–Trinajstić information content (AvgIpc) is 2.14. The summed E-state index contributed by atoms with van der Waals surface area (Å²) in [6, 6.07) is 1.83. The van der Waals surface area contributed by atoms with Gasteiger partial charge in [-0.1, -0.05) is 6.92 Å². The van der Waals surface area contributed by atoms with Gasteiger partial charge in [-0.25, -0.2) is 9.97 Å². The van der Waals surface area contributed by atoms with Crippen molar-refractivity contribution < 1.29 is 5.11 Å². The summed E-state index contributed by atoms with van der Waals surface area (Å²) in [4.78, 5) is 7.91. The van der Waals surface area contributed by atoms with Gasteiger partial charge in [-0.2, -0.15) is 0 Å². The van der Waals surface area contributed by atoms with Crippen molar-refractivity contribution in [2.75, 3.05) is 11.9 Å². The van der Waals surface area contributed by atoms with E-state index in [9.17, 15) is 0 Å². The first-order chi connectivity index (χ1) is 6.26. The van der Waals surface area contributed by atoms with Crippen molar-refractivity contribution in [3.05, 3.63) is 17.0 Å². The molecule has 1 atom stereocenters. The molecule has 0 aliphatic rings. The van der Waals surface area contributed by atoms with Crippen molar-refractivity contribution in [2.24, 2.45) is 0 Å². The van der Waals surface area contributed by atoms with Crippen LogP contribution in [0.5, 0.6) is 0 Å². The van der Waals surface area contributed by atoms with E-state index < -0.39 is 0 Å². The summed E-state index contributed by atoms with van der Waals surface area (Å²) in [7, 11) is 0. The molecule has 4 nitrogen and oxygen atoms in total. The van der Waals surface area contributed by atoms with Crippen molar-refractivity contribution in [1.29, 1.82) is 0 Å². The number of hydrogen-bond acceptors (Lipinski definition) is 4. The molecule has 5 heteroatoms. The lowest BCUT2D eigenvalue weighted by Gasteiger charge is -2.13. The highest BCUT2D eigenvalue weighted by Gasteiger charge is 2.04. The second-order valence-electron chi connectivity index (χ2n) is 2.66. The normalized spacial score (nSPS) is 12.5. The Kier molecular flexibility index (Phi) is 4.11. The molecule has 72 valence electrons. The smallest absolute Gasteiger partial charge is 0.130 e. The van der Waals surface area contributed by atoms with Crippen LogP contribution in [0.1, 0.15) is 13.3 Å². The zero-order valence-electron chi connectivity index (χ0n) is 7.37. The quantitative estimate of drug-likeness (QED) is 0.789. The average molecular weight is 246 g/mol. The summed E-state index contributed by atoms with van der Waals surface area (Å²) in [5, 5.41) is 12.0. The van der Waals surface area contributed by atoms with E-state index in [1.807, 2.05) is 6.92 Å². The maximum Gasteiger partial charge on any atom is 0.130 e. The van der Waals surface area contributed by atoms with Crippen molar-refractivity contribution in [2.45, 2.75) is 19.4 Å². The Labute approximate surface area is 85.5 Å². The summed E-state index contributed by atoms with van der Waals surface area (Å²) in [5.74, 6) is 0.725. The molecule has 0 saturated heterocycles. The van der Waals surface area contributed by atoms with Gasteiger partial charge >= 0.3 is 0 Å². The molecule has 0 aromatic carbocycles. The molecule has 0 radical (unpaired) electrons. The standard InChI is InChI=1S/C8H12BrN3O/c1-2-6(4-13)12-8-3-7(9)10-5-11-8/h3,5-6,13H,2,4H2,1H3,(H,10,11,12). The van der Waals surface area contributed by atoms with E-state index in [-0.39, 0.29) is 12.6 Å². The molecule has 1 rings (SSSR count). The molecule has 2 N–H and O–H groups in total. The van der Waals surface area contributed by atoms with Gasteiger partial charge in [0.15, 0.2) is 0 Å². The molecular weight excluding hydrogens is 234 g/mol. The van der Waals surface area contributed by atoms with E-state index in [1.54, 1.807) is 6.07 Å². The summed E-state index contributed by atoms with van der Waals surface area (Å²) in [6.45, 7) is 2.11. The topological polar surface area (TPSA) is 58.0 Å². The Hall–Kier alpha value is -0.680. The van der Waals surface area contributed by atoms with Crippen LogP contribution >= 0.6 is 15.9 Å².